The second-order valence-corrected chi connectivity index (χ2v) is 7.14. The first kappa shape index (κ1) is 12.8. The van der Waals surface area contributed by atoms with Crippen molar-refractivity contribution in [2.75, 3.05) is 19.0 Å². The lowest BCUT2D eigenvalue weighted by molar-refractivity contribution is -0.140. The van der Waals surface area contributed by atoms with Gasteiger partial charge in [-0.05, 0) is 37.9 Å². The molecule has 3 aliphatic rings. The quantitative estimate of drug-likeness (QED) is 0.762. The first-order valence-corrected chi connectivity index (χ1v) is 7.88. The van der Waals surface area contributed by atoms with Gasteiger partial charge >= 0.3 is 5.97 Å². The predicted octanol–water partition coefficient (Wildman–Crippen LogP) is 1.84. The Morgan fingerprint density at radius 1 is 1.28 bits per heavy atom. The van der Waals surface area contributed by atoms with Crippen molar-refractivity contribution < 1.29 is 14.6 Å². The Morgan fingerprint density at radius 2 is 2.06 bits per heavy atom. The van der Waals surface area contributed by atoms with Gasteiger partial charge < -0.3 is 9.84 Å². The molecular formula is C13H21NO3S. The van der Waals surface area contributed by atoms with E-state index in [0.29, 0.717) is 0 Å². The molecule has 2 saturated heterocycles. The van der Waals surface area contributed by atoms with Gasteiger partial charge in [0.1, 0.15) is 6.04 Å². The summed E-state index contributed by atoms with van der Waals surface area (Å²) in [5.74, 6) is 0.274. The monoisotopic (exact) mass is 271 g/mol. The highest BCUT2D eigenvalue weighted by molar-refractivity contribution is 8.00. The molecule has 0 bridgehead atoms. The van der Waals surface area contributed by atoms with Crippen LogP contribution in [0.15, 0.2) is 0 Å². The minimum atomic E-state index is -0.691. The predicted molar refractivity (Wildman–Crippen MR) is 70.7 cm³/mol. The van der Waals surface area contributed by atoms with Crippen LogP contribution in [-0.2, 0) is 9.53 Å². The Kier molecular flexibility index (Phi) is 3.32. The number of carboxylic acids is 1. The number of thioether (sulfide) groups is 1. The molecule has 2 aliphatic heterocycles. The molecule has 4 nitrogen and oxygen atoms in total. The van der Waals surface area contributed by atoms with Gasteiger partial charge in [0.2, 0.25) is 0 Å². The molecule has 1 saturated carbocycles. The minimum Gasteiger partial charge on any atom is -0.480 e. The number of fused-ring (bicyclic) bond motifs is 1. The largest absolute Gasteiger partial charge is 0.480 e. The zero-order valence-corrected chi connectivity index (χ0v) is 11.4. The summed E-state index contributed by atoms with van der Waals surface area (Å²) in [5.41, 5.74) is 0.268. The molecule has 0 aromatic carbocycles. The van der Waals surface area contributed by atoms with Crippen LogP contribution >= 0.6 is 11.8 Å². The van der Waals surface area contributed by atoms with Gasteiger partial charge in [0, 0.05) is 18.6 Å². The number of hydrogen-bond acceptors (Lipinski definition) is 4. The lowest BCUT2D eigenvalue weighted by Crippen LogP contribution is -2.61. The summed E-state index contributed by atoms with van der Waals surface area (Å²) in [6, 6.07) is -0.357. The van der Waals surface area contributed by atoms with Gasteiger partial charge in [-0.1, -0.05) is 6.42 Å². The average Bonchev–Trinajstić information content (AvgIpc) is 2.69. The van der Waals surface area contributed by atoms with Crippen LogP contribution in [-0.4, -0.2) is 41.0 Å². The van der Waals surface area contributed by atoms with Crippen molar-refractivity contribution in [1.82, 2.24) is 5.32 Å². The molecule has 1 aliphatic carbocycles. The molecular weight excluding hydrogens is 250 g/mol. The Balaban J connectivity index is 1.85. The van der Waals surface area contributed by atoms with Crippen LogP contribution in [0, 0.1) is 5.41 Å². The smallest absolute Gasteiger partial charge is 0.320 e. The molecule has 0 aromatic heterocycles. The van der Waals surface area contributed by atoms with Gasteiger partial charge in [-0.15, -0.1) is 11.8 Å². The Morgan fingerprint density at radius 3 is 2.78 bits per heavy atom. The van der Waals surface area contributed by atoms with E-state index in [9.17, 15) is 9.90 Å². The van der Waals surface area contributed by atoms with Gasteiger partial charge in [-0.2, -0.15) is 0 Å². The Bertz CT molecular complexity index is 343. The van der Waals surface area contributed by atoms with E-state index < -0.39 is 5.97 Å². The van der Waals surface area contributed by atoms with Crippen molar-refractivity contribution in [1.29, 1.82) is 0 Å². The highest BCUT2D eigenvalue weighted by atomic mass is 32.2. The van der Waals surface area contributed by atoms with Crippen LogP contribution in [0.3, 0.4) is 0 Å². The number of rotatable bonds is 1. The van der Waals surface area contributed by atoms with Crippen LogP contribution in [0.5, 0.6) is 0 Å². The lowest BCUT2D eigenvalue weighted by Gasteiger charge is -2.51. The van der Waals surface area contributed by atoms with E-state index in [4.69, 9.17) is 4.74 Å². The van der Waals surface area contributed by atoms with E-state index >= 15 is 0 Å². The normalized spacial score (nSPS) is 39.2. The third kappa shape index (κ3) is 1.87. The highest BCUT2D eigenvalue weighted by Crippen LogP contribution is 2.59. The summed E-state index contributed by atoms with van der Waals surface area (Å²) in [4.78, 5) is 11.3. The molecule has 3 rings (SSSR count). The SMILES string of the molecule is O=C(O)C1CCSC2(CCCC23CCOCC3)N1. The summed E-state index contributed by atoms with van der Waals surface area (Å²) in [6.45, 7) is 1.67. The van der Waals surface area contributed by atoms with Crippen LogP contribution in [0.1, 0.15) is 38.5 Å². The van der Waals surface area contributed by atoms with Crippen molar-refractivity contribution in [2.45, 2.75) is 49.4 Å². The maximum atomic E-state index is 11.3. The maximum Gasteiger partial charge on any atom is 0.320 e. The highest BCUT2D eigenvalue weighted by Gasteiger charge is 2.57. The fourth-order valence-electron chi connectivity index (χ4n) is 3.94. The van der Waals surface area contributed by atoms with Crippen molar-refractivity contribution in [3.05, 3.63) is 0 Å². The molecule has 102 valence electrons. The topological polar surface area (TPSA) is 58.6 Å². The minimum absolute atomic E-state index is 0.00190. The number of aliphatic carboxylic acids is 1. The van der Waals surface area contributed by atoms with E-state index in [0.717, 1.165) is 44.6 Å². The van der Waals surface area contributed by atoms with E-state index in [2.05, 4.69) is 5.32 Å². The third-order valence-electron chi connectivity index (χ3n) is 4.95. The number of hydrogen-bond donors (Lipinski definition) is 2. The van der Waals surface area contributed by atoms with Gasteiger partial charge in [0.05, 0.1) is 4.87 Å². The summed E-state index contributed by atoms with van der Waals surface area (Å²) >= 11 is 1.97. The second kappa shape index (κ2) is 4.69. The van der Waals surface area contributed by atoms with Crippen molar-refractivity contribution >= 4 is 17.7 Å². The number of nitrogens with one attached hydrogen (secondary N) is 1. The lowest BCUT2D eigenvalue weighted by atomic mass is 9.74. The number of carbonyl (C=O) groups is 1. The molecule has 3 fully saturated rings. The van der Waals surface area contributed by atoms with E-state index in [1.165, 1.54) is 12.8 Å². The van der Waals surface area contributed by atoms with Gasteiger partial charge in [-0.25, -0.2) is 0 Å². The van der Waals surface area contributed by atoms with Crippen molar-refractivity contribution in [2.24, 2.45) is 5.41 Å². The summed E-state index contributed by atoms with van der Waals surface area (Å²) in [7, 11) is 0. The molecule has 18 heavy (non-hydrogen) atoms. The Hall–Kier alpha value is -0.260. The van der Waals surface area contributed by atoms with E-state index in [1.807, 2.05) is 11.8 Å². The van der Waals surface area contributed by atoms with Gasteiger partial charge in [-0.3, -0.25) is 10.1 Å². The molecule has 0 amide bonds. The molecule has 0 radical (unpaired) electrons. The first-order valence-electron chi connectivity index (χ1n) is 6.90. The van der Waals surface area contributed by atoms with Gasteiger partial charge in [0.15, 0.2) is 0 Å². The first-order chi connectivity index (χ1) is 8.68. The average molecular weight is 271 g/mol. The molecule has 2 N–H and O–H groups in total. The van der Waals surface area contributed by atoms with Crippen molar-refractivity contribution in [3.63, 3.8) is 0 Å². The number of ether oxygens (including phenoxy) is 1. The fourth-order valence-corrected chi connectivity index (χ4v) is 5.77. The molecule has 2 atom stereocenters. The standard InChI is InChI=1S/C13H21NO3S/c15-11(16)10-2-9-18-13(14-10)4-1-3-12(13)5-7-17-8-6-12/h10,14H,1-9H2,(H,15,16). The zero-order chi connectivity index (χ0) is 12.6. The summed E-state index contributed by atoms with van der Waals surface area (Å²) < 4.78 is 5.51. The van der Waals surface area contributed by atoms with Crippen LogP contribution in [0.4, 0.5) is 0 Å². The van der Waals surface area contributed by atoms with E-state index in [-0.39, 0.29) is 16.3 Å². The van der Waals surface area contributed by atoms with Crippen LogP contribution < -0.4 is 5.32 Å². The van der Waals surface area contributed by atoms with Crippen LogP contribution in [0.25, 0.3) is 0 Å². The Labute approximate surface area is 112 Å². The van der Waals surface area contributed by atoms with Crippen LogP contribution in [0.2, 0.25) is 0 Å². The molecule has 2 spiro atoms. The zero-order valence-electron chi connectivity index (χ0n) is 10.6. The fraction of sp³-hybridized carbons (Fsp3) is 0.923. The van der Waals surface area contributed by atoms with Gasteiger partial charge in [0.25, 0.3) is 0 Å². The summed E-state index contributed by atoms with van der Waals surface area (Å²) in [6.07, 6.45) is 6.46. The third-order valence-corrected chi connectivity index (χ3v) is 6.64. The molecule has 2 heterocycles. The molecule has 0 aromatic rings. The number of carboxylic acid groups (broad SMARTS) is 1. The van der Waals surface area contributed by atoms with E-state index in [1.54, 1.807) is 0 Å². The molecule has 5 heteroatoms. The molecule has 2 unspecified atom stereocenters. The summed E-state index contributed by atoms with van der Waals surface area (Å²) in [5, 5.41) is 12.8. The van der Waals surface area contributed by atoms with Crippen molar-refractivity contribution in [3.8, 4) is 0 Å². The second-order valence-electron chi connectivity index (χ2n) is 5.75. The maximum absolute atomic E-state index is 11.3.